The number of halogens is 3. The van der Waals surface area contributed by atoms with Gasteiger partial charge < -0.3 is 4.74 Å². The number of hydrogen-bond donors (Lipinski definition) is 1. The number of nitrogens with zero attached hydrogens (tertiary/aromatic N) is 2. The highest BCUT2D eigenvalue weighted by atomic mass is 32.2. The van der Waals surface area contributed by atoms with Crippen LogP contribution < -0.4 is 10.2 Å². The molecule has 2 radical (unpaired) electrons. The fourth-order valence-corrected chi connectivity index (χ4v) is 4.73. The largest absolute Gasteiger partial charge is 0.465 e. The lowest BCUT2D eigenvalue weighted by Gasteiger charge is -2.24. The van der Waals surface area contributed by atoms with Crippen molar-refractivity contribution >= 4 is 29.3 Å². The first-order chi connectivity index (χ1) is 14.0. The Labute approximate surface area is 173 Å². The third-order valence-corrected chi connectivity index (χ3v) is 6.16. The van der Waals surface area contributed by atoms with Crippen molar-refractivity contribution < 1.29 is 31.1 Å². The zero-order valence-corrected chi connectivity index (χ0v) is 16.9. The third-order valence-electron chi connectivity index (χ3n) is 4.71. The monoisotopic (exact) mass is 441 g/mol. The molecule has 0 spiro atoms. The Morgan fingerprint density at radius 3 is 2.77 bits per heavy atom. The quantitative estimate of drug-likeness (QED) is 0.544. The Morgan fingerprint density at radius 2 is 2.10 bits per heavy atom. The van der Waals surface area contributed by atoms with Gasteiger partial charge in [0.1, 0.15) is 14.4 Å². The van der Waals surface area contributed by atoms with Crippen LogP contribution in [0.15, 0.2) is 29.3 Å². The van der Waals surface area contributed by atoms with Crippen LogP contribution in [-0.4, -0.2) is 38.6 Å². The molecule has 1 aromatic heterocycles. The van der Waals surface area contributed by atoms with Crippen molar-refractivity contribution in [3.05, 3.63) is 41.2 Å². The highest BCUT2D eigenvalue weighted by Crippen LogP contribution is 2.33. The summed E-state index contributed by atoms with van der Waals surface area (Å²) in [5.74, 6) is -0.467. The number of sulfonamides is 1. The average molecular weight is 441 g/mol. The molecule has 1 unspecified atom stereocenters. The highest BCUT2D eigenvalue weighted by molar-refractivity contribution is 7.89. The van der Waals surface area contributed by atoms with E-state index in [1.54, 1.807) is 6.92 Å². The van der Waals surface area contributed by atoms with Gasteiger partial charge in [-0.2, -0.15) is 18.3 Å². The summed E-state index contributed by atoms with van der Waals surface area (Å²) in [5.41, 5.74) is -0.189. The number of rotatable bonds is 6. The molecule has 3 rings (SSSR count). The topological polar surface area (TPSA) is 90.3 Å². The number of ether oxygens (including phenoxy) is 1. The Balaban J connectivity index is 1.87. The summed E-state index contributed by atoms with van der Waals surface area (Å²) >= 11 is 0. The van der Waals surface area contributed by atoms with Crippen molar-refractivity contribution in [2.75, 3.05) is 6.61 Å². The van der Waals surface area contributed by atoms with Crippen LogP contribution >= 0.6 is 0 Å². The molecule has 1 aromatic carbocycles. The number of benzene rings is 1. The molecule has 0 saturated carbocycles. The lowest BCUT2D eigenvalue weighted by atomic mass is 9.94. The van der Waals surface area contributed by atoms with E-state index >= 15 is 0 Å². The highest BCUT2D eigenvalue weighted by Gasteiger charge is 2.33. The lowest BCUT2D eigenvalue weighted by molar-refractivity contribution is -0.144. The van der Waals surface area contributed by atoms with Crippen molar-refractivity contribution in [1.29, 1.82) is 0 Å². The van der Waals surface area contributed by atoms with Gasteiger partial charge in [-0.3, -0.25) is 9.48 Å². The minimum atomic E-state index is -4.73. The molecular weight excluding hydrogens is 422 g/mol. The maximum absolute atomic E-state index is 13.0. The number of alkyl halides is 3. The summed E-state index contributed by atoms with van der Waals surface area (Å²) in [5, 5.41) is 4.15. The van der Waals surface area contributed by atoms with Crippen molar-refractivity contribution in [2.24, 2.45) is 0 Å². The van der Waals surface area contributed by atoms with Gasteiger partial charge in [-0.05, 0) is 38.3 Å². The molecule has 12 heteroatoms. The lowest BCUT2D eigenvalue weighted by Crippen LogP contribution is -2.32. The van der Waals surface area contributed by atoms with E-state index in [0.29, 0.717) is 42.7 Å². The standard InChI is InChI=1S/C18H19BF3N3O4S/c1-2-29-17(26)10-25-16-5-3-4-15(14(16)9-23-25)24-30(27,28)13-7-11(18(20,21)22)6-12(19)8-13/h6-9,15,24H,2-5,10H2,1H3. The number of hydrogen-bond acceptors (Lipinski definition) is 5. The van der Waals surface area contributed by atoms with Gasteiger partial charge in [0.05, 0.1) is 29.3 Å². The number of carbonyl (C=O) groups is 1. The van der Waals surface area contributed by atoms with E-state index in [4.69, 9.17) is 12.6 Å². The smallest absolute Gasteiger partial charge is 0.416 e. The molecule has 7 nitrogen and oxygen atoms in total. The van der Waals surface area contributed by atoms with Gasteiger partial charge >= 0.3 is 12.1 Å². The van der Waals surface area contributed by atoms with Crippen molar-refractivity contribution in [3.8, 4) is 0 Å². The first-order valence-electron chi connectivity index (χ1n) is 9.21. The predicted molar refractivity (Wildman–Crippen MR) is 102 cm³/mol. The predicted octanol–water partition coefficient (Wildman–Crippen LogP) is 1.61. The van der Waals surface area contributed by atoms with Gasteiger partial charge in [0.25, 0.3) is 0 Å². The van der Waals surface area contributed by atoms with Crippen LogP contribution in [-0.2, 0) is 38.7 Å². The second kappa shape index (κ2) is 8.42. The van der Waals surface area contributed by atoms with Crippen molar-refractivity contribution in [2.45, 2.75) is 49.8 Å². The summed E-state index contributed by atoms with van der Waals surface area (Å²) < 4.78 is 73.5. The van der Waals surface area contributed by atoms with E-state index in [0.717, 1.165) is 6.07 Å². The van der Waals surface area contributed by atoms with E-state index in [1.807, 2.05) is 0 Å². The molecule has 1 heterocycles. The molecule has 1 N–H and O–H groups in total. The number of aromatic nitrogens is 2. The van der Waals surface area contributed by atoms with E-state index in [2.05, 4.69) is 9.82 Å². The molecule has 0 aliphatic heterocycles. The van der Waals surface area contributed by atoms with Gasteiger partial charge in [-0.25, -0.2) is 13.1 Å². The van der Waals surface area contributed by atoms with Crippen LogP contribution in [0.2, 0.25) is 0 Å². The van der Waals surface area contributed by atoms with Gasteiger partial charge in [-0.1, -0.05) is 11.5 Å². The summed E-state index contributed by atoms with van der Waals surface area (Å²) in [6.07, 6.45) is -1.64. The summed E-state index contributed by atoms with van der Waals surface area (Å²) in [6, 6.07) is 1.51. The van der Waals surface area contributed by atoms with E-state index in [1.165, 1.54) is 10.9 Å². The van der Waals surface area contributed by atoms with Crippen molar-refractivity contribution in [1.82, 2.24) is 14.5 Å². The van der Waals surface area contributed by atoms with E-state index in [9.17, 15) is 26.4 Å². The Hall–Kier alpha value is -2.34. The van der Waals surface area contributed by atoms with E-state index in [-0.39, 0.29) is 18.6 Å². The minimum Gasteiger partial charge on any atom is -0.465 e. The van der Waals surface area contributed by atoms with Crippen molar-refractivity contribution in [3.63, 3.8) is 0 Å². The van der Waals surface area contributed by atoms with E-state index < -0.39 is 38.7 Å². The maximum Gasteiger partial charge on any atom is 0.416 e. The van der Waals surface area contributed by atoms with Crippen LogP contribution in [0.1, 0.15) is 42.6 Å². The number of carbonyl (C=O) groups excluding carboxylic acids is 1. The first kappa shape index (κ1) is 22.4. The fraction of sp³-hybridized carbons (Fsp3) is 0.444. The number of nitrogens with one attached hydrogen (secondary N) is 1. The van der Waals surface area contributed by atoms with Gasteiger partial charge in [0.15, 0.2) is 0 Å². The molecule has 30 heavy (non-hydrogen) atoms. The van der Waals surface area contributed by atoms with Gasteiger partial charge in [0.2, 0.25) is 10.0 Å². The molecule has 160 valence electrons. The van der Waals surface area contributed by atoms with Gasteiger partial charge in [0, 0.05) is 11.3 Å². The summed E-state index contributed by atoms with van der Waals surface area (Å²) in [7, 11) is 1.20. The molecular formula is C18H19BF3N3O4S. The average Bonchev–Trinajstić information content (AvgIpc) is 3.04. The van der Waals surface area contributed by atoms with Crippen LogP contribution in [0.3, 0.4) is 0 Å². The molecule has 1 aliphatic rings. The number of esters is 1. The normalized spacial score (nSPS) is 16.9. The molecule has 0 saturated heterocycles. The third kappa shape index (κ3) is 4.86. The molecule has 0 bridgehead atoms. The molecule has 2 aromatic rings. The zero-order valence-electron chi connectivity index (χ0n) is 16.1. The fourth-order valence-electron chi connectivity index (χ4n) is 3.40. The Bertz CT molecular complexity index is 1050. The molecule has 0 fully saturated rings. The SMILES string of the molecule is [B]c1cc(C(F)(F)F)cc(S(=O)(=O)NC2CCCc3c2cnn3CC(=O)OCC)c1. The molecule has 0 amide bonds. The van der Waals surface area contributed by atoms with Crippen LogP contribution in [0, 0.1) is 0 Å². The van der Waals surface area contributed by atoms with Crippen LogP contribution in [0.4, 0.5) is 13.2 Å². The Morgan fingerprint density at radius 1 is 1.37 bits per heavy atom. The second-order valence-corrected chi connectivity index (χ2v) is 8.58. The first-order valence-corrected chi connectivity index (χ1v) is 10.7. The zero-order chi connectivity index (χ0) is 22.1. The second-order valence-electron chi connectivity index (χ2n) is 6.86. The summed E-state index contributed by atoms with van der Waals surface area (Å²) in [6.45, 7) is 1.81. The minimum absolute atomic E-state index is 0.104. The van der Waals surface area contributed by atoms with Crippen LogP contribution in [0.25, 0.3) is 0 Å². The molecule has 1 aliphatic carbocycles. The summed E-state index contributed by atoms with van der Waals surface area (Å²) in [4.78, 5) is 11.2. The molecule has 1 atom stereocenters. The maximum atomic E-state index is 13.0. The Kier molecular flexibility index (Phi) is 6.28. The number of fused-ring (bicyclic) bond motifs is 1. The van der Waals surface area contributed by atoms with Gasteiger partial charge in [-0.15, -0.1) is 0 Å². The van der Waals surface area contributed by atoms with Crippen LogP contribution in [0.5, 0.6) is 0 Å².